The van der Waals surface area contributed by atoms with E-state index in [0.29, 0.717) is 12.8 Å². The minimum Gasteiger partial charge on any atom is -0.508 e. The van der Waals surface area contributed by atoms with Crippen molar-refractivity contribution in [2.24, 2.45) is 0 Å². The Morgan fingerprint density at radius 2 is 1.69 bits per heavy atom. The Balaban J connectivity index is 1.92. The third-order valence-corrected chi connectivity index (χ3v) is 5.96. The number of rotatable bonds is 9. The van der Waals surface area contributed by atoms with Gasteiger partial charge in [0.25, 0.3) is 0 Å². The average Bonchev–Trinajstić information content (AvgIpc) is 2.79. The molecule has 1 aliphatic rings. The van der Waals surface area contributed by atoms with E-state index in [-0.39, 0.29) is 23.9 Å². The van der Waals surface area contributed by atoms with Crippen molar-refractivity contribution >= 4 is 17.9 Å². The molecule has 3 rings (SSSR count). The van der Waals surface area contributed by atoms with E-state index in [4.69, 9.17) is 4.74 Å². The van der Waals surface area contributed by atoms with Gasteiger partial charge in [-0.3, -0.25) is 9.59 Å². The summed E-state index contributed by atoms with van der Waals surface area (Å²) in [7, 11) is 0. The lowest BCUT2D eigenvalue weighted by molar-refractivity contribution is -0.148. The van der Waals surface area contributed by atoms with Crippen LogP contribution in [0.1, 0.15) is 57.2 Å². The first-order valence-corrected chi connectivity index (χ1v) is 12.1. The summed E-state index contributed by atoms with van der Waals surface area (Å²) in [4.78, 5) is 41.1. The Labute approximate surface area is 211 Å². The van der Waals surface area contributed by atoms with Gasteiger partial charge in [-0.1, -0.05) is 48.5 Å². The Bertz CT molecular complexity index is 1050. The summed E-state index contributed by atoms with van der Waals surface area (Å²) in [6.07, 6.45) is 1.34. The quantitative estimate of drug-likeness (QED) is 0.422. The van der Waals surface area contributed by atoms with Crippen molar-refractivity contribution in [1.82, 2.24) is 15.5 Å². The van der Waals surface area contributed by atoms with Crippen LogP contribution in [0, 0.1) is 0 Å². The number of amides is 3. The Morgan fingerprint density at radius 1 is 1.06 bits per heavy atom. The number of aliphatic hydroxyl groups is 1. The molecule has 1 saturated carbocycles. The Morgan fingerprint density at radius 3 is 2.25 bits per heavy atom. The highest BCUT2D eigenvalue weighted by atomic mass is 16.6. The van der Waals surface area contributed by atoms with Crippen LogP contribution in [0.15, 0.2) is 54.6 Å². The number of alkyl carbamates (subject to hydrolysis) is 1. The normalized spacial score (nSPS) is 15.2. The fourth-order valence-corrected chi connectivity index (χ4v) is 4.02. The molecule has 2 aromatic rings. The first kappa shape index (κ1) is 27.0. The third kappa shape index (κ3) is 6.97. The van der Waals surface area contributed by atoms with Gasteiger partial charge in [-0.2, -0.15) is 0 Å². The number of nitrogens with one attached hydrogen (secondary N) is 2. The maximum Gasteiger partial charge on any atom is 0.408 e. The number of aliphatic hydroxyl groups excluding tert-OH is 1. The SMILES string of the molecule is CC(C)(C)OC(=O)NC(CO)C(=O)N(C1CCC1)C(C(=O)NCc1ccccc1)c1ccccc1O. The summed E-state index contributed by atoms with van der Waals surface area (Å²) in [5, 5.41) is 25.9. The zero-order valence-electron chi connectivity index (χ0n) is 20.9. The highest BCUT2D eigenvalue weighted by Gasteiger charge is 2.42. The van der Waals surface area contributed by atoms with E-state index in [1.165, 1.54) is 11.0 Å². The molecule has 36 heavy (non-hydrogen) atoms. The second-order valence-corrected chi connectivity index (χ2v) is 9.88. The van der Waals surface area contributed by atoms with Crippen molar-refractivity contribution in [3.8, 4) is 5.75 Å². The number of phenols is 1. The van der Waals surface area contributed by atoms with Crippen LogP contribution in [0.4, 0.5) is 4.79 Å². The molecule has 2 aromatic carbocycles. The molecule has 9 nitrogen and oxygen atoms in total. The number of carbonyl (C=O) groups is 3. The van der Waals surface area contributed by atoms with Gasteiger partial charge in [-0.25, -0.2) is 4.79 Å². The van der Waals surface area contributed by atoms with Gasteiger partial charge < -0.3 is 30.5 Å². The largest absolute Gasteiger partial charge is 0.508 e. The minimum atomic E-state index is -1.32. The molecule has 2 atom stereocenters. The number of benzene rings is 2. The van der Waals surface area contributed by atoms with Gasteiger partial charge in [0.15, 0.2) is 0 Å². The number of phenolic OH excluding ortho intramolecular Hbond substituents is 1. The predicted molar refractivity (Wildman–Crippen MR) is 134 cm³/mol. The van der Waals surface area contributed by atoms with Crippen LogP contribution in [-0.2, 0) is 20.9 Å². The number of hydrogen-bond donors (Lipinski definition) is 4. The van der Waals surface area contributed by atoms with Crippen LogP contribution >= 0.6 is 0 Å². The van der Waals surface area contributed by atoms with Crippen LogP contribution in [0.25, 0.3) is 0 Å². The summed E-state index contributed by atoms with van der Waals surface area (Å²) in [5.74, 6) is -1.24. The number of nitrogens with zero attached hydrogens (tertiary/aromatic N) is 1. The highest BCUT2D eigenvalue weighted by Crippen LogP contribution is 2.36. The molecule has 0 bridgehead atoms. The van der Waals surface area contributed by atoms with Gasteiger partial charge in [0.2, 0.25) is 11.8 Å². The first-order valence-electron chi connectivity index (χ1n) is 12.1. The van der Waals surface area contributed by atoms with Crippen LogP contribution in [0.2, 0.25) is 0 Å². The van der Waals surface area contributed by atoms with Gasteiger partial charge >= 0.3 is 6.09 Å². The van der Waals surface area contributed by atoms with Gasteiger partial charge in [-0.15, -0.1) is 0 Å². The van der Waals surface area contributed by atoms with E-state index in [9.17, 15) is 24.6 Å². The van der Waals surface area contributed by atoms with Crippen molar-refractivity contribution in [2.45, 2.75) is 70.3 Å². The van der Waals surface area contributed by atoms with Crippen molar-refractivity contribution in [2.75, 3.05) is 6.61 Å². The van der Waals surface area contributed by atoms with Gasteiger partial charge in [0, 0.05) is 18.2 Å². The summed E-state index contributed by atoms with van der Waals surface area (Å²) < 4.78 is 5.25. The number of hydrogen-bond acceptors (Lipinski definition) is 6. The van der Waals surface area contributed by atoms with E-state index >= 15 is 0 Å². The van der Waals surface area contributed by atoms with Gasteiger partial charge in [0.05, 0.1) is 6.61 Å². The highest BCUT2D eigenvalue weighted by molar-refractivity contribution is 5.93. The molecule has 2 unspecified atom stereocenters. The topological polar surface area (TPSA) is 128 Å². The van der Waals surface area contributed by atoms with Crippen molar-refractivity contribution in [3.05, 3.63) is 65.7 Å². The van der Waals surface area contributed by atoms with E-state index < -0.39 is 42.2 Å². The number of aromatic hydroxyl groups is 1. The van der Waals surface area contributed by atoms with E-state index in [1.54, 1.807) is 39.0 Å². The number of ether oxygens (including phenoxy) is 1. The lowest BCUT2D eigenvalue weighted by atomic mass is 9.88. The molecule has 0 saturated heterocycles. The zero-order chi connectivity index (χ0) is 26.3. The molecule has 1 aliphatic carbocycles. The standard InChI is InChI=1S/C27H35N3O6/c1-27(2,3)36-26(35)29-21(17-31)25(34)30(19-12-9-13-19)23(20-14-7-8-15-22(20)32)24(33)28-16-18-10-5-4-6-11-18/h4-8,10-11,14-15,19,21,23,31-32H,9,12-13,16-17H2,1-3H3,(H,28,33)(H,29,35). The second kappa shape index (κ2) is 11.9. The molecule has 9 heteroatoms. The maximum absolute atomic E-state index is 13.7. The molecule has 1 fully saturated rings. The number of para-hydroxylation sites is 1. The zero-order valence-corrected chi connectivity index (χ0v) is 20.9. The molecule has 0 aliphatic heterocycles. The summed E-state index contributed by atoms with van der Waals surface area (Å²) in [6, 6.07) is 12.9. The van der Waals surface area contributed by atoms with E-state index in [0.717, 1.165) is 12.0 Å². The third-order valence-electron chi connectivity index (χ3n) is 5.96. The number of carbonyl (C=O) groups excluding carboxylic acids is 3. The van der Waals surface area contributed by atoms with Crippen LogP contribution in [0.3, 0.4) is 0 Å². The predicted octanol–water partition coefficient (Wildman–Crippen LogP) is 3.02. The minimum absolute atomic E-state index is 0.130. The summed E-state index contributed by atoms with van der Waals surface area (Å²) >= 11 is 0. The average molecular weight is 498 g/mol. The van der Waals surface area contributed by atoms with Crippen LogP contribution in [-0.4, -0.2) is 57.3 Å². The summed E-state index contributed by atoms with van der Waals surface area (Å²) in [5.41, 5.74) is 0.344. The van der Waals surface area contributed by atoms with E-state index in [2.05, 4.69) is 10.6 Å². The maximum atomic E-state index is 13.7. The molecular formula is C27H35N3O6. The molecule has 0 aromatic heterocycles. The fraction of sp³-hybridized carbons (Fsp3) is 0.444. The molecule has 4 N–H and O–H groups in total. The van der Waals surface area contributed by atoms with Crippen molar-refractivity contribution < 1.29 is 29.3 Å². The van der Waals surface area contributed by atoms with E-state index in [1.807, 2.05) is 30.3 Å². The van der Waals surface area contributed by atoms with Crippen molar-refractivity contribution in [3.63, 3.8) is 0 Å². The molecule has 0 spiro atoms. The van der Waals surface area contributed by atoms with Crippen LogP contribution in [0.5, 0.6) is 5.75 Å². The Hall–Kier alpha value is -3.59. The van der Waals surface area contributed by atoms with Gasteiger partial charge in [-0.05, 0) is 51.7 Å². The molecular weight excluding hydrogens is 462 g/mol. The fourth-order valence-electron chi connectivity index (χ4n) is 4.02. The van der Waals surface area contributed by atoms with Crippen molar-refractivity contribution in [1.29, 1.82) is 0 Å². The lowest BCUT2D eigenvalue weighted by Gasteiger charge is -2.43. The monoisotopic (exact) mass is 497 g/mol. The molecule has 194 valence electrons. The smallest absolute Gasteiger partial charge is 0.408 e. The molecule has 0 heterocycles. The van der Waals surface area contributed by atoms with Gasteiger partial charge in [0.1, 0.15) is 23.4 Å². The lowest BCUT2D eigenvalue weighted by Crippen LogP contribution is -2.58. The summed E-state index contributed by atoms with van der Waals surface area (Å²) in [6.45, 7) is 4.62. The molecule has 0 radical (unpaired) electrons. The molecule has 3 amide bonds. The second-order valence-electron chi connectivity index (χ2n) is 9.88. The van der Waals surface area contributed by atoms with Crippen LogP contribution < -0.4 is 10.6 Å². The first-order chi connectivity index (χ1) is 17.1. The Kier molecular flexibility index (Phi) is 8.93.